The zero-order valence-corrected chi connectivity index (χ0v) is 13.0. The van der Waals surface area contributed by atoms with Crippen LogP contribution < -0.4 is 5.32 Å². The normalized spacial score (nSPS) is 12.8. The van der Waals surface area contributed by atoms with E-state index in [9.17, 15) is 9.59 Å². The lowest BCUT2D eigenvalue weighted by molar-refractivity contribution is 0.0464. The van der Waals surface area contributed by atoms with Crippen LogP contribution in [0.15, 0.2) is 10.9 Å². The van der Waals surface area contributed by atoms with Crippen molar-refractivity contribution >= 4 is 23.2 Å². The van der Waals surface area contributed by atoms with E-state index < -0.39 is 17.7 Å². The maximum atomic E-state index is 12.0. The van der Waals surface area contributed by atoms with Gasteiger partial charge >= 0.3 is 6.09 Å². The van der Waals surface area contributed by atoms with Crippen LogP contribution in [0.1, 0.15) is 37.7 Å². The number of carbonyl (C=O) groups excluding carboxylic acids is 2. The number of methoxy groups -OCH3 is 1. The van der Waals surface area contributed by atoms with Gasteiger partial charge in [0.15, 0.2) is 5.78 Å². The van der Waals surface area contributed by atoms with Crippen LogP contribution in [-0.4, -0.2) is 42.2 Å². The summed E-state index contributed by atoms with van der Waals surface area (Å²) in [5.74, 6) is -0.135. The molecule has 112 valence electrons. The van der Waals surface area contributed by atoms with E-state index in [0.29, 0.717) is 5.69 Å². The predicted molar refractivity (Wildman–Crippen MR) is 76.1 cm³/mol. The van der Waals surface area contributed by atoms with Crippen LogP contribution in [0.3, 0.4) is 0 Å². The largest absolute Gasteiger partial charge is 0.444 e. The highest BCUT2D eigenvalue weighted by molar-refractivity contribution is 7.07. The zero-order chi connectivity index (χ0) is 15.2. The van der Waals surface area contributed by atoms with E-state index in [1.807, 2.05) is 0 Å². The van der Waals surface area contributed by atoms with Crippen molar-refractivity contribution in [3.63, 3.8) is 0 Å². The number of nitrogens with zero attached hydrogens (tertiary/aromatic N) is 1. The molecule has 0 aliphatic rings. The second kappa shape index (κ2) is 7.35. The number of alkyl carbamates (subject to hydrolysis) is 1. The van der Waals surface area contributed by atoms with Gasteiger partial charge in [-0.3, -0.25) is 4.79 Å². The third-order valence-electron chi connectivity index (χ3n) is 2.24. The number of hydrogen-bond donors (Lipinski definition) is 1. The Morgan fingerprint density at radius 2 is 2.15 bits per heavy atom. The highest BCUT2D eigenvalue weighted by Crippen LogP contribution is 2.09. The van der Waals surface area contributed by atoms with Crippen molar-refractivity contribution in [1.29, 1.82) is 0 Å². The molecule has 1 unspecified atom stereocenters. The molecule has 0 spiro atoms. The fourth-order valence-corrected chi connectivity index (χ4v) is 2.06. The molecule has 0 radical (unpaired) electrons. The first-order valence-corrected chi connectivity index (χ1v) is 7.16. The molecule has 0 saturated heterocycles. The lowest BCUT2D eigenvalue weighted by atomic mass is 10.1. The monoisotopic (exact) mass is 300 g/mol. The Morgan fingerprint density at radius 3 is 2.65 bits per heavy atom. The summed E-state index contributed by atoms with van der Waals surface area (Å²) in [4.78, 5) is 27.6. The van der Waals surface area contributed by atoms with E-state index in [1.54, 1.807) is 31.7 Å². The van der Waals surface area contributed by atoms with Crippen LogP contribution in [-0.2, 0) is 9.47 Å². The second-order valence-electron chi connectivity index (χ2n) is 5.30. The van der Waals surface area contributed by atoms with Crippen molar-refractivity contribution in [3.05, 3.63) is 16.6 Å². The van der Waals surface area contributed by atoms with Gasteiger partial charge in [-0.15, -0.1) is 11.3 Å². The quantitative estimate of drug-likeness (QED) is 0.815. The molecule has 0 aliphatic carbocycles. The molecule has 1 atom stereocenters. The molecule has 1 heterocycles. The van der Waals surface area contributed by atoms with Crippen LogP contribution in [0.2, 0.25) is 0 Å². The van der Waals surface area contributed by atoms with E-state index in [-0.39, 0.29) is 18.8 Å². The summed E-state index contributed by atoms with van der Waals surface area (Å²) in [6.45, 7) is 5.56. The van der Waals surface area contributed by atoms with Gasteiger partial charge in [-0.1, -0.05) is 0 Å². The topological polar surface area (TPSA) is 77.5 Å². The van der Waals surface area contributed by atoms with Crippen molar-refractivity contribution < 1.29 is 19.1 Å². The number of aromatic nitrogens is 1. The number of thiazole rings is 1. The van der Waals surface area contributed by atoms with Crippen LogP contribution in [0.25, 0.3) is 0 Å². The summed E-state index contributed by atoms with van der Waals surface area (Å²) >= 11 is 1.35. The molecule has 1 N–H and O–H groups in total. The molecule has 7 heteroatoms. The Hall–Kier alpha value is -1.47. The predicted octanol–water partition coefficient (Wildman–Crippen LogP) is 2.26. The molecular formula is C13H20N2O4S. The van der Waals surface area contributed by atoms with Gasteiger partial charge in [-0.2, -0.15) is 0 Å². The summed E-state index contributed by atoms with van der Waals surface area (Å²) in [5, 5.41) is 4.32. The third kappa shape index (κ3) is 6.12. The molecular weight excluding hydrogens is 280 g/mol. The fraction of sp³-hybridized carbons (Fsp3) is 0.615. The Labute approximate surface area is 122 Å². The van der Waals surface area contributed by atoms with E-state index >= 15 is 0 Å². The Morgan fingerprint density at radius 1 is 1.45 bits per heavy atom. The van der Waals surface area contributed by atoms with E-state index in [2.05, 4.69) is 10.3 Å². The minimum atomic E-state index is -0.583. The van der Waals surface area contributed by atoms with Gasteiger partial charge in [0.05, 0.1) is 18.2 Å². The molecule has 1 aromatic rings. The van der Waals surface area contributed by atoms with Crippen molar-refractivity contribution in [2.45, 2.75) is 38.8 Å². The summed E-state index contributed by atoms with van der Waals surface area (Å²) in [7, 11) is 1.51. The maximum absolute atomic E-state index is 12.0. The standard InChI is InChI=1S/C13H20N2O4S/c1-13(2,3)19-12(17)15-9(6-18-4)5-11(16)10-7-20-8-14-10/h7-9H,5-6H2,1-4H3,(H,15,17). The van der Waals surface area contributed by atoms with Crippen LogP contribution in [0.4, 0.5) is 4.79 Å². The first-order valence-electron chi connectivity index (χ1n) is 6.21. The van der Waals surface area contributed by atoms with Crippen LogP contribution in [0.5, 0.6) is 0 Å². The molecule has 1 rings (SSSR count). The van der Waals surface area contributed by atoms with E-state index in [1.165, 1.54) is 18.4 Å². The van der Waals surface area contributed by atoms with Gasteiger partial charge in [0.2, 0.25) is 0 Å². The molecule has 0 fully saturated rings. The highest BCUT2D eigenvalue weighted by Gasteiger charge is 2.22. The average molecular weight is 300 g/mol. The highest BCUT2D eigenvalue weighted by atomic mass is 32.1. The maximum Gasteiger partial charge on any atom is 0.407 e. The number of carbonyl (C=O) groups is 2. The third-order valence-corrected chi connectivity index (χ3v) is 2.82. The summed E-state index contributed by atoms with van der Waals surface area (Å²) in [6.07, 6.45) is -0.442. The van der Waals surface area contributed by atoms with Gasteiger partial charge in [0.1, 0.15) is 11.3 Å². The average Bonchev–Trinajstić information content (AvgIpc) is 2.79. The Bertz CT molecular complexity index is 440. The Kier molecular flexibility index (Phi) is 6.09. The second-order valence-corrected chi connectivity index (χ2v) is 6.02. The SMILES string of the molecule is COCC(CC(=O)c1cscn1)NC(=O)OC(C)(C)C. The first-order chi connectivity index (χ1) is 9.31. The number of rotatable bonds is 6. The van der Waals surface area contributed by atoms with E-state index in [4.69, 9.17) is 9.47 Å². The van der Waals surface area contributed by atoms with Crippen molar-refractivity contribution in [2.24, 2.45) is 0 Å². The molecule has 0 saturated carbocycles. The molecule has 0 aromatic carbocycles. The minimum absolute atomic E-state index is 0.122. The van der Waals surface area contributed by atoms with Crippen LogP contribution in [0, 0.1) is 0 Å². The minimum Gasteiger partial charge on any atom is -0.444 e. The van der Waals surface area contributed by atoms with Gasteiger partial charge in [-0.25, -0.2) is 9.78 Å². The molecule has 1 amide bonds. The number of nitrogens with one attached hydrogen (secondary N) is 1. The summed E-state index contributed by atoms with van der Waals surface area (Å²) in [5.41, 5.74) is 1.42. The number of ether oxygens (including phenoxy) is 2. The first kappa shape index (κ1) is 16.6. The summed E-state index contributed by atoms with van der Waals surface area (Å²) < 4.78 is 10.2. The van der Waals surface area contributed by atoms with Gasteiger partial charge in [0, 0.05) is 18.9 Å². The van der Waals surface area contributed by atoms with E-state index in [0.717, 1.165) is 0 Å². The molecule has 6 nitrogen and oxygen atoms in total. The van der Waals surface area contributed by atoms with Crippen molar-refractivity contribution in [1.82, 2.24) is 10.3 Å². The molecule has 1 aromatic heterocycles. The Balaban J connectivity index is 2.56. The van der Waals surface area contributed by atoms with Crippen molar-refractivity contribution in [3.8, 4) is 0 Å². The number of Topliss-reactive ketones (excluding diaryl/α,β-unsaturated/α-hetero) is 1. The number of amides is 1. The van der Waals surface area contributed by atoms with Gasteiger partial charge in [-0.05, 0) is 20.8 Å². The molecule has 0 bridgehead atoms. The lowest BCUT2D eigenvalue weighted by Gasteiger charge is -2.23. The van der Waals surface area contributed by atoms with Gasteiger partial charge in [0.25, 0.3) is 0 Å². The molecule has 20 heavy (non-hydrogen) atoms. The molecule has 0 aliphatic heterocycles. The van der Waals surface area contributed by atoms with Crippen molar-refractivity contribution in [2.75, 3.05) is 13.7 Å². The van der Waals surface area contributed by atoms with Gasteiger partial charge < -0.3 is 14.8 Å². The zero-order valence-electron chi connectivity index (χ0n) is 12.1. The van der Waals surface area contributed by atoms with Crippen LogP contribution >= 0.6 is 11.3 Å². The lowest BCUT2D eigenvalue weighted by Crippen LogP contribution is -2.42. The number of hydrogen-bond acceptors (Lipinski definition) is 6. The smallest absolute Gasteiger partial charge is 0.407 e. The summed E-state index contributed by atoms with van der Waals surface area (Å²) in [6, 6.07) is -0.441. The number of ketones is 1. The fourth-order valence-electron chi connectivity index (χ4n) is 1.51.